The monoisotopic (exact) mass is 196 g/mol. The Kier molecular flexibility index (Phi) is 3.09. The largest absolute Gasteiger partial charge is 0.466 e. The lowest BCUT2D eigenvalue weighted by atomic mass is 9.85. The van der Waals surface area contributed by atoms with Gasteiger partial charge < -0.3 is 4.74 Å². The Hall–Kier alpha value is -0.530. The van der Waals surface area contributed by atoms with Crippen molar-refractivity contribution in [2.24, 2.45) is 17.8 Å². The second-order valence-corrected chi connectivity index (χ2v) is 4.78. The van der Waals surface area contributed by atoms with Crippen LogP contribution in [-0.4, -0.2) is 12.6 Å². The van der Waals surface area contributed by atoms with Crippen molar-refractivity contribution in [3.05, 3.63) is 0 Å². The molecule has 3 atom stereocenters. The van der Waals surface area contributed by atoms with Crippen LogP contribution in [0.1, 0.15) is 45.4 Å². The van der Waals surface area contributed by atoms with E-state index in [0.29, 0.717) is 13.0 Å². The maximum absolute atomic E-state index is 11.2. The summed E-state index contributed by atoms with van der Waals surface area (Å²) in [6.45, 7) is 2.39. The molecule has 2 rings (SSSR count). The first-order valence-corrected chi connectivity index (χ1v) is 5.95. The third-order valence-electron chi connectivity index (χ3n) is 3.91. The van der Waals surface area contributed by atoms with Crippen LogP contribution < -0.4 is 0 Å². The van der Waals surface area contributed by atoms with E-state index in [1.165, 1.54) is 25.7 Å². The molecule has 0 spiro atoms. The van der Waals surface area contributed by atoms with Crippen LogP contribution in [0.15, 0.2) is 0 Å². The van der Waals surface area contributed by atoms with Gasteiger partial charge in [0.05, 0.1) is 6.61 Å². The molecule has 0 aromatic carbocycles. The van der Waals surface area contributed by atoms with Gasteiger partial charge in [-0.15, -0.1) is 0 Å². The average Bonchev–Trinajstić information content (AvgIpc) is 2.76. The van der Waals surface area contributed by atoms with Crippen molar-refractivity contribution in [1.82, 2.24) is 0 Å². The van der Waals surface area contributed by atoms with Crippen LogP contribution in [0.5, 0.6) is 0 Å². The molecule has 2 saturated carbocycles. The third kappa shape index (κ3) is 2.10. The highest BCUT2D eigenvalue weighted by Gasteiger charge is 2.39. The lowest BCUT2D eigenvalue weighted by molar-refractivity contribution is -0.143. The van der Waals surface area contributed by atoms with E-state index < -0.39 is 0 Å². The topological polar surface area (TPSA) is 26.3 Å². The minimum atomic E-state index is -0.00438. The van der Waals surface area contributed by atoms with Crippen molar-refractivity contribution < 1.29 is 9.53 Å². The molecule has 0 radical (unpaired) electrons. The maximum Gasteiger partial charge on any atom is 0.305 e. The van der Waals surface area contributed by atoms with Crippen molar-refractivity contribution >= 4 is 5.97 Å². The van der Waals surface area contributed by atoms with Gasteiger partial charge in [0.2, 0.25) is 0 Å². The molecule has 2 aliphatic carbocycles. The van der Waals surface area contributed by atoms with Gasteiger partial charge in [0.15, 0.2) is 0 Å². The Morgan fingerprint density at radius 1 is 1.36 bits per heavy atom. The third-order valence-corrected chi connectivity index (χ3v) is 3.91. The molecule has 0 amide bonds. The number of carbonyl (C=O) groups excluding carboxylic acids is 1. The molecule has 2 heteroatoms. The van der Waals surface area contributed by atoms with Crippen LogP contribution in [0.4, 0.5) is 0 Å². The molecule has 0 N–H and O–H groups in total. The van der Waals surface area contributed by atoms with E-state index in [1.807, 2.05) is 6.92 Å². The number of carbonyl (C=O) groups is 1. The summed E-state index contributed by atoms with van der Waals surface area (Å²) in [6.07, 6.45) is 7.39. The molecule has 2 aliphatic rings. The van der Waals surface area contributed by atoms with Crippen LogP contribution in [-0.2, 0) is 9.53 Å². The Balaban J connectivity index is 1.69. The minimum absolute atomic E-state index is 0.00438. The highest BCUT2D eigenvalue weighted by molar-refractivity contribution is 5.69. The summed E-state index contributed by atoms with van der Waals surface area (Å²) in [5, 5.41) is 0. The van der Waals surface area contributed by atoms with Crippen LogP contribution in [0.25, 0.3) is 0 Å². The maximum atomic E-state index is 11.2. The quantitative estimate of drug-likeness (QED) is 0.646. The first-order valence-electron chi connectivity index (χ1n) is 5.95. The summed E-state index contributed by atoms with van der Waals surface area (Å²) < 4.78 is 4.94. The lowest BCUT2D eigenvalue weighted by Crippen LogP contribution is -2.13. The number of rotatable bonds is 4. The summed E-state index contributed by atoms with van der Waals surface area (Å²) in [5.74, 6) is 2.76. The molecule has 80 valence electrons. The minimum Gasteiger partial charge on any atom is -0.466 e. The first-order chi connectivity index (χ1) is 6.79. The van der Waals surface area contributed by atoms with Gasteiger partial charge in [-0.3, -0.25) is 4.79 Å². The average molecular weight is 196 g/mol. The standard InChI is InChI=1S/C12H20O2/c1-2-14-12(13)6-5-11-8-9-3-4-10(11)7-9/h9-11H,2-8H2,1H3. The molecule has 2 fully saturated rings. The highest BCUT2D eigenvalue weighted by Crippen LogP contribution is 2.49. The summed E-state index contributed by atoms with van der Waals surface area (Å²) in [4.78, 5) is 11.2. The second kappa shape index (κ2) is 4.33. The van der Waals surface area contributed by atoms with Crippen LogP contribution in [0.2, 0.25) is 0 Å². The van der Waals surface area contributed by atoms with E-state index in [-0.39, 0.29) is 5.97 Å². The zero-order chi connectivity index (χ0) is 9.97. The van der Waals surface area contributed by atoms with Gasteiger partial charge in [0, 0.05) is 6.42 Å². The van der Waals surface area contributed by atoms with Crippen molar-refractivity contribution in [3.8, 4) is 0 Å². The van der Waals surface area contributed by atoms with E-state index in [4.69, 9.17) is 4.74 Å². The van der Waals surface area contributed by atoms with Gasteiger partial charge in [-0.2, -0.15) is 0 Å². The van der Waals surface area contributed by atoms with Gasteiger partial charge >= 0.3 is 5.97 Å². The predicted molar refractivity (Wildman–Crippen MR) is 54.8 cm³/mol. The van der Waals surface area contributed by atoms with E-state index in [0.717, 1.165) is 24.2 Å². The summed E-state index contributed by atoms with van der Waals surface area (Å²) in [5.41, 5.74) is 0. The zero-order valence-electron chi connectivity index (χ0n) is 9.00. The molecule has 0 heterocycles. The normalized spacial score (nSPS) is 34.8. The molecular formula is C12H20O2. The number of ether oxygens (including phenoxy) is 1. The number of hydrogen-bond donors (Lipinski definition) is 0. The van der Waals surface area contributed by atoms with Crippen molar-refractivity contribution in [2.45, 2.75) is 45.4 Å². The summed E-state index contributed by atoms with van der Waals surface area (Å²) in [7, 11) is 0. The molecule has 0 aromatic rings. The fourth-order valence-electron chi connectivity index (χ4n) is 3.27. The van der Waals surface area contributed by atoms with Gasteiger partial charge in [0.25, 0.3) is 0 Å². The Labute approximate surface area is 86.0 Å². The number of hydrogen-bond acceptors (Lipinski definition) is 2. The molecule has 0 saturated heterocycles. The van der Waals surface area contributed by atoms with E-state index in [9.17, 15) is 4.79 Å². The second-order valence-electron chi connectivity index (χ2n) is 4.78. The zero-order valence-corrected chi connectivity index (χ0v) is 9.00. The van der Waals surface area contributed by atoms with Gasteiger partial charge in [-0.1, -0.05) is 6.42 Å². The van der Waals surface area contributed by atoms with Crippen LogP contribution in [0.3, 0.4) is 0 Å². The fraction of sp³-hybridized carbons (Fsp3) is 0.917. The van der Waals surface area contributed by atoms with E-state index in [1.54, 1.807) is 0 Å². The number of fused-ring (bicyclic) bond motifs is 2. The molecule has 2 nitrogen and oxygen atoms in total. The Morgan fingerprint density at radius 3 is 2.79 bits per heavy atom. The molecular weight excluding hydrogens is 176 g/mol. The first kappa shape index (κ1) is 10.0. The lowest BCUT2D eigenvalue weighted by Gasteiger charge is -2.20. The van der Waals surface area contributed by atoms with Crippen molar-refractivity contribution in [1.29, 1.82) is 0 Å². The van der Waals surface area contributed by atoms with Gasteiger partial charge in [-0.05, 0) is 50.4 Å². The Morgan fingerprint density at radius 2 is 2.21 bits per heavy atom. The van der Waals surface area contributed by atoms with Crippen LogP contribution >= 0.6 is 0 Å². The highest BCUT2D eigenvalue weighted by atomic mass is 16.5. The smallest absolute Gasteiger partial charge is 0.305 e. The SMILES string of the molecule is CCOC(=O)CCC1CC2CCC1C2. The van der Waals surface area contributed by atoms with Crippen LogP contribution in [0, 0.1) is 17.8 Å². The molecule has 14 heavy (non-hydrogen) atoms. The van der Waals surface area contributed by atoms with E-state index >= 15 is 0 Å². The summed E-state index contributed by atoms with van der Waals surface area (Å²) >= 11 is 0. The molecule has 0 aromatic heterocycles. The van der Waals surface area contributed by atoms with Crippen molar-refractivity contribution in [3.63, 3.8) is 0 Å². The van der Waals surface area contributed by atoms with Gasteiger partial charge in [-0.25, -0.2) is 0 Å². The van der Waals surface area contributed by atoms with E-state index in [2.05, 4.69) is 0 Å². The van der Waals surface area contributed by atoms with Crippen molar-refractivity contribution in [2.75, 3.05) is 6.61 Å². The van der Waals surface area contributed by atoms with Gasteiger partial charge in [0.1, 0.15) is 0 Å². The fourth-order valence-corrected chi connectivity index (χ4v) is 3.27. The Bertz CT molecular complexity index is 212. The number of esters is 1. The summed E-state index contributed by atoms with van der Waals surface area (Å²) in [6, 6.07) is 0. The molecule has 0 aliphatic heterocycles. The molecule has 2 bridgehead atoms. The predicted octanol–water partition coefficient (Wildman–Crippen LogP) is 2.77. The molecule has 3 unspecified atom stereocenters.